The summed E-state index contributed by atoms with van der Waals surface area (Å²) >= 11 is 0. The lowest BCUT2D eigenvalue weighted by atomic mass is 10.1. The van der Waals surface area contributed by atoms with E-state index in [1.807, 2.05) is 0 Å². The van der Waals surface area contributed by atoms with Crippen molar-refractivity contribution in [1.29, 1.82) is 0 Å². The average Bonchev–Trinajstić information content (AvgIpc) is 2.50. The maximum absolute atomic E-state index is 11.0. The molecule has 0 saturated carbocycles. The Bertz CT molecular complexity index is 341. The third-order valence-electron chi connectivity index (χ3n) is 1.73. The summed E-state index contributed by atoms with van der Waals surface area (Å²) in [4.78, 5) is 0. The molecule has 5 heteroatoms. The van der Waals surface area contributed by atoms with Crippen LogP contribution in [0.2, 0.25) is 0 Å². The Balaban J connectivity index is 2.76. The molecule has 1 aromatic heterocycles. The van der Waals surface area contributed by atoms with Gasteiger partial charge in [-0.1, -0.05) is 0 Å². The molecule has 13 heavy (non-hydrogen) atoms. The van der Waals surface area contributed by atoms with Crippen LogP contribution in [0.4, 0.5) is 0 Å². The van der Waals surface area contributed by atoms with Gasteiger partial charge in [-0.25, -0.2) is 8.42 Å². The highest BCUT2D eigenvalue weighted by Gasteiger charge is 2.17. The molecule has 1 heterocycles. The Morgan fingerprint density at radius 3 is 2.69 bits per heavy atom. The van der Waals surface area contributed by atoms with Crippen LogP contribution in [0, 0.1) is 0 Å². The van der Waals surface area contributed by atoms with Crippen LogP contribution in [0.5, 0.6) is 0 Å². The smallest absolute Gasteiger partial charge is 0.148 e. The summed E-state index contributed by atoms with van der Waals surface area (Å²) in [5.41, 5.74) is 5.45. The van der Waals surface area contributed by atoms with E-state index in [1.54, 1.807) is 12.1 Å². The second kappa shape index (κ2) is 3.93. The van der Waals surface area contributed by atoms with Crippen LogP contribution in [-0.2, 0) is 9.84 Å². The largest absolute Gasteiger partial charge is 0.469 e. The number of hydrogen-bond donors (Lipinski definition) is 1. The molecule has 0 spiro atoms. The normalized spacial score (nSPS) is 14.3. The van der Waals surface area contributed by atoms with E-state index >= 15 is 0 Å². The lowest BCUT2D eigenvalue weighted by Gasteiger charge is -2.09. The van der Waals surface area contributed by atoms with Crippen molar-refractivity contribution >= 4 is 9.84 Å². The van der Waals surface area contributed by atoms with Crippen LogP contribution in [0.25, 0.3) is 0 Å². The minimum Gasteiger partial charge on any atom is -0.469 e. The van der Waals surface area contributed by atoms with Gasteiger partial charge in [0, 0.05) is 18.7 Å². The Labute approximate surface area is 77.7 Å². The van der Waals surface area contributed by atoms with Gasteiger partial charge in [-0.2, -0.15) is 0 Å². The Morgan fingerprint density at radius 1 is 1.62 bits per heavy atom. The highest BCUT2D eigenvalue weighted by atomic mass is 32.2. The Hall–Kier alpha value is -0.810. The van der Waals surface area contributed by atoms with Crippen molar-refractivity contribution in [3.05, 3.63) is 24.2 Å². The lowest BCUT2D eigenvalue weighted by Crippen LogP contribution is -2.20. The summed E-state index contributed by atoms with van der Waals surface area (Å²) in [6, 6.07) is 3.46. The minimum atomic E-state index is -3.00. The Kier molecular flexibility index (Phi) is 3.11. The highest BCUT2D eigenvalue weighted by molar-refractivity contribution is 7.90. The summed E-state index contributed by atoms with van der Waals surface area (Å²) in [6.07, 6.45) is 2.71. The van der Waals surface area contributed by atoms with Gasteiger partial charge >= 0.3 is 0 Å². The maximum Gasteiger partial charge on any atom is 0.148 e. The van der Waals surface area contributed by atoms with Gasteiger partial charge in [0.1, 0.15) is 15.6 Å². The second-order valence-electron chi connectivity index (χ2n) is 3.04. The van der Waals surface area contributed by atoms with Gasteiger partial charge in [-0.3, -0.25) is 0 Å². The molecule has 0 aromatic carbocycles. The van der Waals surface area contributed by atoms with Crippen LogP contribution in [0.1, 0.15) is 11.7 Å². The van der Waals surface area contributed by atoms with E-state index in [9.17, 15) is 8.42 Å². The fourth-order valence-electron chi connectivity index (χ4n) is 1.16. The van der Waals surface area contributed by atoms with Crippen molar-refractivity contribution in [3.8, 4) is 0 Å². The van der Waals surface area contributed by atoms with Crippen LogP contribution < -0.4 is 5.73 Å². The second-order valence-corrected chi connectivity index (χ2v) is 5.23. The number of sulfone groups is 1. The zero-order valence-corrected chi connectivity index (χ0v) is 8.25. The molecule has 1 rings (SSSR count). The van der Waals surface area contributed by atoms with Crippen molar-refractivity contribution in [2.75, 3.05) is 18.6 Å². The topological polar surface area (TPSA) is 73.3 Å². The van der Waals surface area contributed by atoms with Crippen molar-refractivity contribution in [1.82, 2.24) is 0 Å². The molecule has 0 aliphatic rings. The molecule has 1 aromatic rings. The molecule has 0 fully saturated rings. The molecule has 0 radical (unpaired) electrons. The van der Waals surface area contributed by atoms with E-state index in [-0.39, 0.29) is 18.2 Å². The molecule has 0 saturated heterocycles. The highest BCUT2D eigenvalue weighted by Crippen LogP contribution is 2.16. The van der Waals surface area contributed by atoms with Gasteiger partial charge in [0.2, 0.25) is 0 Å². The molecule has 0 amide bonds. The monoisotopic (exact) mass is 203 g/mol. The van der Waals surface area contributed by atoms with Gasteiger partial charge in [-0.05, 0) is 12.1 Å². The fourth-order valence-corrected chi connectivity index (χ4v) is 2.19. The van der Waals surface area contributed by atoms with Gasteiger partial charge in [0.15, 0.2) is 0 Å². The molecule has 1 atom stereocenters. The van der Waals surface area contributed by atoms with E-state index in [0.717, 1.165) is 0 Å². The Morgan fingerprint density at radius 2 is 2.31 bits per heavy atom. The third kappa shape index (κ3) is 3.20. The van der Waals surface area contributed by atoms with E-state index in [0.29, 0.717) is 5.76 Å². The van der Waals surface area contributed by atoms with E-state index in [1.165, 1.54) is 12.5 Å². The first kappa shape index (κ1) is 10.3. The van der Waals surface area contributed by atoms with Crippen molar-refractivity contribution in [2.24, 2.45) is 5.73 Å². The molecular formula is C8H13NO3S. The van der Waals surface area contributed by atoms with Crippen LogP contribution in [0.15, 0.2) is 22.8 Å². The van der Waals surface area contributed by atoms with Crippen molar-refractivity contribution in [3.63, 3.8) is 0 Å². The number of rotatable bonds is 4. The van der Waals surface area contributed by atoms with Gasteiger partial charge in [0.05, 0.1) is 12.0 Å². The summed E-state index contributed by atoms with van der Waals surface area (Å²) < 4.78 is 27.1. The first-order chi connectivity index (χ1) is 6.03. The SMILES string of the molecule is CS(=O)(=O)C[C@@H](CN)c1ccco1. The summed E-state index contributed by atoms with van der Waals surface area (Å²) in [5, 5.41) is 0. The van der Waals surface area contributed by atoms with E-state index in [4.69, 9.17) is 10.2 Å². The first-order valence-electron chi connectivity index (χ1n) is 3.94. The maximum atomic E-state index is 11.0. The summed E-state index contributed by atoms with van der Waals surface area (Å²) in [5.74, 6) is 0.440. The molecule has 74 valence electrons. The zero-order chi connectivity index (χ0) is 9.90. The number of hydrogen-bond acceptors (Lipinski definition) is 4. The van der Waals surface area contributed by atoms with Crippen molar-refractivity contribution < 1.29 is 12.8 Å². The average molecular weight is 203 g/mol. The summed E-state index contributed by atoms with van der Waals surface area (Å²) in [6.45, 7) is 0.278. The fraction of sp³-hybridized carbons (Fsp3) is 0.500. The number of furan rings is 1. The van der Waals surface area contributed by atoms with Gasteiger partial charge in [-0.15, -0.1) is 0 Å². The molecule has 0 aliphatic heterocycles. The predicted molar refractivity (Wildman–Crippen MR) is 50.2 cm³/mol. The molecule has 0 aliphatic carbocycles. The van der Waals surface area contributed by atoms with Crippen LogP contribution in [-0.4, -0.2) is 27.0 Å². The lowest BCUT2D eigenvalue weighted by molar-refractivity contribution is 0.475. The summed E-state index contributed by atoms with van der Waals surface area (Å²) in [7, 11) is -3.00. The van der Waals surface area contributed by atoms with Crippen LogP contribution in [0.3, 0.4) is 0 Å². The quantitative estimate of drug-likeness (QED) is 0.767. The predicted octanol–water partition coefficient (Wildman–Crippen LogP) is 0.367. The van der Waals surface area contributed by atoms with Gasteiger partial charge in [0.25, 0.3) is 0 Å². The first-order valence-corrected chi connectivity index (χ1v) is 6.00. The molecule has 0 unspecified atom stereocenters. The van der Waals surface area contributed by atoms with E-state index in [2.05, 4.69) is 0 Å². The van der Waals surface area contributed by atoms with Gasteiger partial charge < -0.3 is 10.2 Å². The van der Waals surface area contributed by atoms with Crippen molar-refractivity contribution in [2.45, 2.75) is 5.92 Å². The minimum absolute atomic E-state index is 0.0387. The molecule has 2 N–H and O–H groups in total. The zero-order valence-electron chi connectivity index (χ0n) is 7.43. The number of nitrogens with two attached hydrogens (primary N) is 1. The third-order valence-corrected chi connectivity index (χ3v) is 2.74. The molecular weight excluding hydrogens is 190 g/mol. The molecule has 0 bridgehead atoms. The molecule has 4 nitrogen and oxygen atoms in total. The van der Waals surface area contributed by atoms with Crippen LogP contribution >= 0.6 is 0 Å². The van der Waals surface area contributed by atoms with E-state index < -0.39 is 9.84 Å². The standard InChI is InChI=1S/C8H13NO3S/c1-13(10,11)6-7(5-9)8-3-2-4-12-8/h2-4,7H,5-6,9H2,1H3/t7-/m1/s1.